The number of carbonyl (C=O) groups excluding carboxylic acids is 1. The third-order valence-electron chi connectivity index (χ3n) is 5.84. The number of hydrogen-bond donors (Lipinski definition) is 1. The van der Waals surface area contributed by atoms with Crippen molar-refractivity contribution in [2.24, 2.45) is 0 Å². The van der Waals surface area contributed by atoms with E-state index in [4.69, 9.17) is 14.0 Å². The average molecular weight is 489 g/mol. The Hall–Kier alpha value is -4.67. The zero-order chi connectivity index (χ0) is 25.4. The highest BCUT2D eigenvalue weighted by atomic mass is 16.5. The summed E-state index contributed by atoms with van der Waals surface area (Å²) in [5.74, 6) is 1.48. The number of hydrogen-bond acceptors (Lipinski definition) is 8. The van der Waals surface area contributed by atoms with Crippen molar-refractivity contribution < 1.29 is 18.8 Å². The van der Waals surface area contributed by atoms with Crippen LogP contribution in [0.1, 0.15) is 17.3 Å². The van der Waals surface area contributed by atoms with Gasteiger partial charge in [-0.15, -0.1) is 0 Å². The number of carbonyl (C=O) groups is 1. The molecule has 36 heavy (non-hydrogen) atoms. The Morgan fingerprint density at radius 3 is 2.67 bits per heavy atom. The number of aryl methyl sites for hydroxylation is 2. The Labute approximate surface area is 205 Å². The molecule has 0 spiro atoms. The van der Waals surface area contributed by atoms with Gasteiger partial charge in [0, 0.05) is 11.5 Å². The molecule has 1 N–H and O–H groups in total. The molecule has 0 aliphatic rings. The Morgan fingerprint density at radius 1 is 1.11 bits per heavy atom. The van der Waals surface area contributed by atoms with Gasteiger partial charge in [-0.05, 0) is 38.1 Å². The molecule has 3 heterocycles. The minimum Gasteiger partial charge on any atom is -0.497 e. The summed E-state index contributed by atoms with van der Waals surface area (Å²) in [4.78, 5) is 35.5. The van der Waals surface area contributed by atoms with Gasteiger partial charge < -0.3 is 23.9 Å². The summed E-state index contributed by atoms with van der Waals surface area (Å²) in [5, 5.41) is 7.42. The predicted octanol–water partition coefficient (Wildman–Crippen LogP) is 3.06. The molecule has 0 saturated heterocycles. The molecule has 0 radical (unpaired) electrons. The number of benzene rings is 2. The number of anilines is 1. The van der Waals surface area contributed by atoms with Gasteiger partial charge >= 0.3 is 0 Å². The Bertz CT molecular complexity index is 1670. The minimum absolute atomic E-state index is 0.0658. The Morgan fingerprint density at radius 2 is 1.94 bits per heavy atom. The lowest BCUT2D eigenvalue weighted by atomic mass is 10.1. The number of amides is 1. The number of rotatable bonds is 7. The summed E-state index contributed by atoms with van der Waals surface area (Å²) in [7, 11) is 3.06. The van der Waals surface area contributed by atoms with E-state index in [1.807, 2.05) is 25.1 Å². The van der Waals surface area contributed by atoms with Crippen molar-refractivity contribution in [3.05, 3.63) is 70.4 Å². The van der Waals surface area contributed by atoms with E-state index in [1.165, 1.54) is 18.0 Å². The second-order valence-corrected chi connectivity index (χ2v) is 8.33. The highest BCUT2D eigenvalue weighted by Crippen LogP contribution is 2.30. The highest BCUT2D eigenvalue weighted by Gasteiger charge is 2.20. The first-order valence-electron chi connectivity index (χ1n) is 11.2. The van der Waals surface area contributed by atoms with Gasteiger partial charge in [-0.3, -0.25) is 14.2 Å². The smallest absolute Gasteiger partial charge is 0.278 e. The van der Waals surface area contributed by atoms with E-state index >= 15 is 0 Å². The number of methoxy groups -OCH3 is 2. The average Bonchev–Trinajstić information content (AvgIpc) is 3.41. The number of aromatic nitrogens is 5. The largest absolute Gasteiger partial charge is 0.497 e. The number of nitrogens with one attached hydrogen (secondary N) is 1. The van der Waals surface area contributed by atoms with Crippen LogP contribution in [0.2, 0.25) is 0 Å². The molecule has 0 aliphatic carbocycles. The molecule has 0 bridgehead atoms. The van der Waals surface area contributed by atoms with E-state index in [0.29, 0.717) is 34.0 Å². The first-order valence-corrected chi connectivity index (χ1v) is 11.2. The van der Waals surface area contributed by atoms with E-state index in [-0.39, 0.29) is 30.4 Å². The van der Waals surface area contributed by atoms with Crippen LogP contribution < -0.4 is 20.3 Å². The van der Waals surface area contributed by atoms with Crippen molar-refractivity contribution in [2.75, 3.05) is 19.5 Å². The summed E-state index contributed by atoms with van der Waals surface area (Å²) < 4.78 is 18.9. The minimum atomic E-state index is -0.344. The van der Waals surface area contributed by atoms with Gasteiger partial charge in [0.2, 0.25) is 11.8 Å². The lowest BCUT2D eigenvalue weighted by Gasteiger charge is -2.13. The third-order valence-corrected chi connectivity index (χ3v) is 5.84. The molecule has 0 aliphatic heterocycles. The molecule has 0 fully saturated rings. The molecule has 184 valence electrons. The van der Waals surface area contributed by atoms with Crippen LogP contribution in [0.4, 0.5) is 5.69 Å². The van der Waals surface area contributed by atoms with Crippen molar-refractivity contribution >= 4 is 33.5 Å². The van der Waals surface area contributed by atoms with Crippen molar-refractivity contribution in [1.82, 2.24) is 24.3 Å². The lowest BCUT2D eigenvalue weighted by Crippen LogP contribution is -2.25. The topological polar surface area (TPSA) is 126 Å². The quantitative estimate of drug-likeness (QED) is 0.370. The maximum absolute atomic E-state index is 13.6. The lowest BCUT2D eigenvalue weighted by molar-refractivity contribution is -0.116. The van der Waals surface area contributed by atoms with Gasteiger partial charge in [0.1, 0.15) is 35.6 Å². The maximum Gasteiger partial charge on any atom is 0.278 e. The SMILES string of the molecule is COc1ccc(OC)c(NC(=O)Cn2c3ccc(C)cc3c3ncn(Cc4nc(C)no4)c(=O)c32)c1. The normalized spacial score (nSPS) is 11.2. The summed E-state index contributed by atoms with van der Waals surface area (Å²) in [5.41, 5.74) is 2.70. The van der Waals surface area contributed by atoms with Gasteiger partial charge in [-0.1, -0.05) is 16.8 Å². The molecule has 0 saturated carbocycles. The molecule has 11 nitrogen and oxygen atoms in total. The van der Waals surface area contributed by atoms with Gasteiger partial charge in [0.05, 0.1) is 31.8 Å². The van der Waals surface area contributed by atoms with Crippen LogP contribution >= 0.6 is 0 Å². The summed E-state index contributed by atoms with van der Waals surface area (Å²) in [6, 6.07) is 10.9. The second kappa shape index (κ2) is 9.17. The number of nitrogens with zero attached hydrogens (tertiary/aromatic N) is 5. The van der Waals surface area contributed by atoms with E-state index in [2.05, 4.69) is 20.4 Å². The fourth-order valence-corrected chi connectivity index (χ4v) is 4.19. The second-order valence-electron chi connectivity index (χ2n) is 8.33. The summed E-state index contributed by atoms with van der Waals surface area (Å²) in [6.07, 6.45) is 1.46. The molecular weight excluding hydrogens is 464 g/mol. The van der Waals surface area contributed by atoms with E-state index in [9.17, 15) is 9.59 Å². The Balaban J connectivity index is 1.58. The predicted molar refractivity (Wildman–Crippen MR) is 133 cm³/mol. The molecule has 3 aromatic heterocycles. The molecule has 2 aromatic carbocycles. The summed E-state index contributed by atoms with van der Waals surface area (Å²) in [6.45, 7) is 3.61. The molecule has 1 amide bonds. The monoisotopic (exact) mass is 488 g/mol. The van der Waals surface area contributed by atoms with Crippen molar-refractivity contribution in [1.29, 1.82) is 0 Å². The fraction of sp³-hybridized carbons (Fsp3) is 0.240. The first-order chi connectivity index (χ1) is 17.4. The summed E-state index contributed by atoms with van der Waals surface area (Å²) >= 11 is 0. The molecule has 5 aromatic rings. The van der Waals surface area contributed by atoms with Crippen LogP contribution in [0.5, 0.6) is 11.5 Å². The van der Waals surface area contributed by atoms with Crippen molar-refractivity contribution in [2.45, 2.75) is 26.9 Å². The van der Waals surface area contributed by atoms with Crippen LogP contribution in [-0.4, -0.2) is 44.4 Å². The van der Waals surface area contributed by atoms with Crippen LogP contribution in [0, 0.1) is 13.8 Å². The van der Waals surface area contributed by atoms with Crippen LogP contribution in [0.25, 0.3) is 21.9 Å². The van der Waals surface area contributed by atoms with Gasteiger partial charge in [0.15, 0.2) is 5.82 Å². The van der Waals surface area contributed by atoms with Gasteiger partial charge in [-0.2, -0.15) is 4.98 Å². The van der Waals surface area contributed by atoms with E-state index in [1.54, 1.807) is 36.8 Å². The number of ether oxygens (including phenoxy) is 2. The standard InChI is InChI=1S/C25H24N6O5/c1-14-5-7-19-17(9-14)23-24(25(33)30(13-26-23)12-22-27-15(2)29-36-22)31(19)11-21(32)28-18-10-16(34-3)6-8-20(18)35-4/h5-10,13H,11-12H2,1-4H3,(H,28,32). The molecule has 11 heteroatoms. The molecule has 0 atom stereocenters. The highest BCUT2D eigenvalue weighted by molar-refractivity contribution is 6.07. The molecule has 0 unspecified atom stereocenters. The van der Waals surface area contributed by atoms with Gasteiger partial charge in [-0.25, -0.2) is 4.98 Å². The zero-order valence-corrected chi connectivity index (χ0v) is 20.2. The molecular formula is C25H24N6O5. The zero-order valence-electron chi connectivity index (χ0n) is 20.2. The molecule has 5 rings (SSSR count). The van der Waals surface area contributed by atoms with E-state index < -0.39 is 0 Å². The van der Waals surface area contributed by atoms with Crippen molar-refractivity contribution in [3.8, 4) is 11.5 Å². The van der Waals surface area contributed by atoms with Gasteiger partial charge in [0.25, 0.3) is 5.56 Å². The van der Waals surface area contributed by atoms with Crippen LogP contribution in [0.15, 0.2) is 52.0 Å². The van der Waals surface area contributed by atoms with Crippen LogP contribution in [0.3, 0.4) is 0 Å². The third kappa shape index (κ3) is 4.15. The first kappa shape index (κ1) is 23.1. The maximum atomic E-state index is 13.6. The number of fused-ring (bicyclic) bond motifs is 3. The Kier molecular flexibility index (Phi) is 5.88. The fourth-order valence-electron chi connectivity index (χ4n) is 4.19. The van der Waals surface area contributed by atoms with Crippen LogP contribution in [-0.2, 0) is 17.9 Å². The van der Waals surface area contributed by atoms with Crippen molar-refractivity contribution in [3.63, 3.8) is 0 Å². The van der Waals surface area contributed by atoms with E-state index in [0.717, 1.165) is 16.5 Å².